The van der Waals surface area contributed by atoms with Gasteiger partial charge in [-0.25, -0.2) is 4.79 Å². The van der Waals surface area contributed by atoms with Crippen LogP contribution < -0.4 is 10.6 Å². The van der Waals surface area contributed by atoms with E-state index < -0.39 is 17.6 Å². The Morgan fingerprint density at radius 3 is 2.61 bits per heavy atom. The number of hydrogen-bond donors (Lipinski definition) is 3. The number of carbonyl (C=O) groups is 2. The Hall–Kier alpha value is -1.14. The molecular weight excluding hydrogens is 236 g/mol. The molecule has 1 aliphatic heterocycles. The lowest BCUT2D eigenvalue weighted by Crippen LogP contribution is -2.50. The predicted molar refractivity (Wildman–Crippen MR) is 66.3 cm³/mol. The lowest BCUT2D eigenvalue weighted by molar-refractivity contribution is -0.145. The summed E-state index contributed by atoms with van der Waals surface area (Å²) in [5.74, 6) is -1.34. The highest BCUT2D eigenvalue weighted by Crippen LogP contribution is 2.08. The zero-order valence-corrected chi connectivity index (χ0v) is 11.2. The van der Waals surface area contributed by atoms with E-state index in [4.69, 9.17) is 9.84 Å². The van der Waals surface area contributed by atoms with E-state index >= 15 is 0 Å². The first-order valence-electron chi connectivity index (χ1n) is 6.20. The fourth-order valence-electron chi connectivity index (χ4n) is 1.69. The van der Waals surface area contributed by atoms with Crippen molar-refractivity contribution in [3.8, 4) is 0 Å². The minimum atomic E-state index is -1.08. The second-order valence-corrected chi connectivity index (χ2v) is 5.47. The van der Waals surface area contributed by atoms with Crippen molar-refractivity contribution in [2.24, 2.45) is 0 Å². The van der Waals surface area contributed by atoms with Crippen molar-refractivity contribution in [2.45, 2.75) is 51.3 Å². The van der Waals surface area contributed by atoms with Gasteiger partial charge in [-0.1, -0.05) is 0 Å². The summed E-state index contributed by atoms with van der Waals surface area (Å²) >= 11 is 0. The average molecular weight is 258 g/mol. The summed E-state index contributed by atoms with van der Waals surface area (Å²) in [4.78, 5) is 22.8. The molecule has 0 radical (unpaired) electrons. The van der Waals surface area contributed by atoms with Crippen LogP contribution in [0.25, 0.3) is 0 Å². The Labute approximate surface area is 107 Å². The molecule has 2 atom stereocenters. The molecule has 104 valence electrons. The number of carbonyl (C=O) groups excluding carboxylic acids is 1. The van der Waals surface area contributed by atoms with Gasteiger partial charge < -0.3 is 20.5 Å². The standard InChI is InChI=1S/C12H22N2O4/c1-12(2,3)18-7-9(11(16)17)14-10(15)8-5-4-6-13-8/h8-9,13H,4-7H2,1-3H3,(H,14,15)(H,16,17)/t8-,9+/m1/s1. The Kier molecular flexibility index (Phi) is 5.10. The van der Waals surface area contributed by atoms with Crippen LogP contribution in [0.4, 0.5) is 0 Å². The molecule has 0 aliphatic carbocycles. The van der Waals surface area contributed by atoms with Gasteiger partial charge in [-0.15, -0.1) is 0 Å². The fraction of sp³-hybridized carbons (Fsp3) is 0.833. The molecule has 6 nitrogen and oxygen atoms in total. The quantitative estimate of drug-likeness (QED) is 0.652. The largest absolute Gasteiger partial charge is 0.480 e. The van der Waals surface area contributed by atoms with Gasteiger partial charge in [0, 0.05) is 0 Å². The molecule has 1 rings (SSSR count). The van der Waals surface area contributed by atoms with E-state index in [2.05, 4.69) is 10.6 Å². The molecule has 0 bridgehead atoms. The van der Waals surface area contributed by atoms with Crippen LogP contribution in [0.2, 0.25) is 0 Å². The predicted octanol–water partition coefficient (Wildman–Crippen LogP) is 0.123. The maximum atomic E-state index is 11.8. The van der Waals surface area contributed by atoms with Crippen LogP contribution in [0.3, 0.4) is 0 Å². The van der Waals surface area contributed by atoms with Crippen molar-refractivity contribution in [3.05, 3.63) is 0 Å². The monoisotopic (exact) mass is 258 g/mol. The molecule has 1 fully saturated rings. The first-order chi connectivity index (χ1) is 8.29. The van der Waals surface area contributed by atoms with Crippen LogP contribution in [-0.4, -0.2) is 47.8 Å². The van der Waals surface area contributed by atoms with E-state index in [1.54, 1.807) is 0 Å². The third kappa shape index (κ3) is 5.01. The number of rotatable bonds is 5. The van der Waals surface area contributed by atoms with E-state index in [1.807, 2.05) is 20.8 Å². The summed E-state index contributed by atoms with van der Waals surface area (Å²) in [7, 11) is 0. The van der Waals surface area contributed by atoms with Crippen LogP contribution >= 0.6 is 0 Å². The molecule has 3 N–H and O–H groups in total. The Balaban J connectivity index is 2.46. The highest BCUT2D eigenvalue weighted by atomic mass is 16.5. The SMILES string of the molecule is CC(C)(C)OC[C@H](NC(=O)[C@H]1CCCN1)C(=O)O. The number of ether oxygens (including phenoxy) is 1. The summed E-state index contributed by atoms with van der Waals surface area (Å²) in [5, 5.41) is 14.6. The summed E-state index contributed by atoms with van der Waals surface area (Å²) < 4.78 is 5.40. The van der Waals surface area contributed by atoms with Gasteiger partial charge in [0.05, 0.1) is 18.2 Å². The molecule has 0 aromatic heterocycles. The smallest absolute Gasteiger partial charge is 0.328 e. The molecule has 1 heterocycles. The molecule has 1 saturated heterocycles. The van der Waals surface area contributed by atoms with Crippen LogP contribution in [0.5, 0.6) is 0 Å². The summed E-state index contributed by atoms with van der Waals surface area (Å²) in [5.41, 5.74) is -0.427. The summed E-state index contributed by atoms with van der Waals surface area (Å²) in [6.07, 6.45) is 1.69. The number of aliphatic carboxylic acids is 1. The highest BCUT2D eigenvalue weighted by molar-refractivity contribution is 5.87. The average Bonchev–Trinajstić information content (AvgIpc) is 2.75. The van der Waals surface area contributed by atoms with E-state index in [0.29, 0.717) is 0 Å². The second-order valence-electron chi connectivity index (χ2n) is 5.47. The van der Waals surface area contributed by atoms with Gasteiger partial charge in [0.2, 0.25) is 5.91 Å². The lowest BCUT2D eigenvalue weighted by atomic mass is 10.2. The Bertz CT molecular complexity index is 306. The topological polar surface area (TPSA) is 87.7 Å². The molecule has 1 aliphatic rings. The van der Waals surface area contributed by atoms with Crippen LogP contribution in [0.1, 0.15) is 33.6 Å². The summed E-state index contributed by atoms with van der Waals surface area (Å²) in [6, 6.07) is -1.28. The van der Waals surface area contributed by atoms with Gasteiger partial charge >= 0.3 is 5.97 Å². The Morgan fingerprint density at radius 2 is 2.17 bits per heavy atom. The van der Waals surface area contributed by atoms with Gasteiger partial charge in [0.25, 0.3) is 0 Å². The van der Waals surface area contributed by atoms with E-state index in [1.165, 1.54) is 0 Å². The van der Waals surface area contributed by atoms with Crippen molar-refractivity contribution in [2.75, 3.05) is 13.2 Å². The zero-order valence-electron chi connectivity index (χ0n) is 11.2. The van der Waals surface area contributed by atoms with Gasteiger partial charge in [-0.05, 0) is 40.2 Å². The van der Waals surface area contributed by atoms with Gasteiger partial charge in [0.1, 0.15) is 0 Å². The van der Waals surface area contributed by atoms with Gasteiger partial charge in [-0.2, -0.15) is 0 Å². The van der Waals surface area contributed by atoms with Crippen LogP contribution in [-0.2, 0) is 14.3 Å². The zero-order chi connectivity index (χ0) is 13.8. The minimum absolute atomic E-state index is 0.0305. The third-order valence-electron chi connectivity index (χ3n) is 2.67. The molecule has 1 amide bonds. The number of carboxylic acid groups (broad SMARTS) is 1. The third-order valence-corrected chi connectivity index (χ3v) is 2.67. The van der Waals surface area contributed by atoms with Crippen molar-refractivity contribution in [1.82, 2.24) is 10.6 Å². The maximum Gasteiger partial charge on any atom is 0.328 e. The number of carboxylic acids is 1. The van der Waals surface area contributed by atoms with Gasteiger partial charge in [0.15, 0.2) is 6.04 Å². The first kappa shape index (κ1) is 14.9. The molecular formula is C12H22N2O4. The molecule has 0 saturated carbocycles. The van der Waals surface area contributed by atoms with Crippen LogP contribution in [0.15, 0.2) is 0 Å². The maximum absolute atomic E-state index is 11.8. The number of hydrogen-bond acceptors (Lipinski definition) is 4. The normalized spacial score (nSPS) is 21.6. The number of nitrogens with one attached hydrogen (secondary N) is 2. The number of amides is 1. The fourth-order valence-corrected chi connectivity index (χ4v) is 1.69. The Morgan fingerprint density at radius 1 is 1.50 bits per heavy atom. The van der Waals surface area contributed by atoms with Gasteiger partial charge in [-0.3, -0.25) is 4.79 Å². The van der Waals surface area contributed by atoms with Crippen molar-refractivity contribution in [3.63, 3.8) is 0 Å². The minimum Gasteiger partial charge on any atom is -0.480 e. The van der Waals surface area contributed by atoms with E-state index in [9.17, 15) is 9.59 Å². The molecule has 0 unspecified atom stereocenters. The lowest BCUT2D eigenvalue weighted by Gasteiger charge is -2.23. The molecule has 0 aromatic rings. The van der Waals surface area contributed by atoms with E-state index in [0.717, 1.165) is 19.4 Å². The molecule has 0 spiro atoms. The first-order valence-corrected chi connectivity index (χ1v) is 6.20. The molecule has 0 aromatic carbocycles. The van der Waals surface area contributed by atoms with E-state index in [-0.39, 0.29) is 18.6 Å². The second kappa shape index (κ2) is 6.15. The van der Waals surface area contributed by atoms with Crippen molar-refractivity contribution < 1.29 is 19.4 Å². The molecule has 6 heteroatoms. The van der Waals surface area contributed by atoms with Crippen molar-refractivity contribution >= 4 is 11.9 Å². The van der Waals surface area contributed by atoms with Crippen LogP contribution in [0, 0.1) is 0 Å². The summed E-state index contributed by atoms with van der Waals surface area (Å²) in [6.45, 7) is 6.29. The highest BCUT2D eigenvalue weighted by Gasteiger charge is 2.28. The van der Waals surface area contributed by atoms with Crippen molar-refractivity contribution in [1.29, 1.82) is 0 Å². The molecule has 18 heavy (non-hydrogen) atoms.